The smallest absolute Gasteiger partial charge is 0.386 e. The van der Waals surface area contributed by atoms with Gasteiger partial charge in [-0.2, -0.15) is 13.2 Å². The van der Waals surface area contributed by atoms with Gasteiger partial charge in [0.25, 0.3) is 0 Å². The van der Waals surface area contributed by atoms with E-state index in [-0.39, 0.29) is 15.7 Å². The van der Waals surface area contributed by atoms with Gasteiger partial charge < -0.3 is 5.32 Å². The number of alkyl halides is 3. The van der Waals surface area contributed by atoms with Gasteiger partial charge in [0.05, 0.1) is 16.3 Å². The normalized spacial score (nSPS) is 11.6. The number of hydrogen-bond donors (Lipinski definition) is 1. The van der Waals surface area contributed by atoms with Crippen LogP contribution in [0, 0.1) is 0 Å². The van der Waals surface area contributed by atoms with Crippen molar-refractivity contribution in [1.29, 1.82) is 0 Å². The summed E-state index contributed by atoms with van der Waals surface area (Å²) in [6, 6.07) is 2.09. The maximum atomic E-state index is 12.4. The summed E-state index contributed by atoms with van der Waals surface area (Å²) < 4.78 is 37.3. The van der Waals surface area contributed by atoms with E-state index in [4.69, 9.17) is 23.2 Å². The Labute approximate surface area is 88.8 Å². The molecule has 0 bridgehead atoms. The van der Waals surface area contributed by atoms with Crippen LogP contribution in [0.2, 0.25) is 10.0 Å². The molecule has 0 fully saturated rings. The summed E-state index contributed by atoms with van der Waals surface area (Å²) in [6.45, 7) is 0. The molecule has 1 aromatic carbocycles. The zero-order valence-corrected chi connectivity index (χ0v) is 8.56. The minimum Gasteiger partial charge on any atom is -0.386 e. The molecule has 0 aliphatic heterocycles. The van der Waals surface area contributed by atoms with Crippen molar-refractivity contribution in [3.63, 3.8) is 0 Å². The third-order valence-corrected chi connectivity index (χ3v) is 2.13. The maximum absolute atomic E-state index is 12.4. The molecule has 0 amide bonds. The molecule has 0 aliphatic carbocycles. The van der Waals surface area contributed by atoms with Crippen molar-refractivity contribution in [2.75, 3.05) is 12.4 Å². The van der Waals surface area contributed by atoms with Crippen molar-refractivity contribution >= 4 is 28.9 Å². The van der Waals surface area contributed by atoms with E-state index < -0.39 is 11.7 Å². The second-order valence-corrected chi connectivity index (χ2v) is 3.40. The Bertz CT molecular complexity index is 349. The third kappa shape index (κ3) is 2.25. The maximum Gasteiger partial charge on any atom is 0.418 e. The molecule has 0 aromatic heterocycles. The van der Waals surface area contributed by atoms with Gasteiger partial charge in [-0.05, 0) is 12.1 Å². The van der Waals surface area contributed by atoms with Crippen molar-refractivity contribution in [3.8, 4) is 0 Å². The molecule has 6 heteroatoms. The molecule has 0 radical (unpaired) electrons. The number of anilines is 1. The first-order chi connectivity index (χ1) is 6.36. The SMILES string of the molecule is CNc1c(Cl)cc(Cl)cc1C(F)(F)F. The number of benzene rings is 1. The zero-order valence-electron chi connectivity index (χ0n) is 7.04. The molecule has 0 atom stereocenters. The fraction of sp³-hybridized carbons (Fsp3) is 0.250. The summed E-state index contributed by atoms with van der Waals surface area (Å²) in [6.07, 6.45) is -4.47. The van der Waals surface area contributed by atoms with E-state index in [1.807, 2.05) is 0 Å². The average molecular weight is 244 g/mol. The van der Waals surface area contributed by atoms with Crippen molar-refractivity contribution in [2.45, 2.75) is 6.18 Å². The number of hydrogen-bond acceptors (Lipinski definition) is 1. The van der Waals surface area contributed by atoms with Crippen LogP contribution in [-0.2, 0) is 6.18 Å². The van der Waals surface area contributed by atoms with Gasteiger partial charge in [-0.15, -0.1) is 0 Å². The van der Waals surface area contributed by atoms with Crippen molar-refractivity contribution in [2.24, 2.45) is 0 Å². The first-order valence-corrected chi connectivity index (χ1v) is 4.36. The minimum atomic E-state index is -4.47. The number of rotatable bonds is 1. The summed E-state index contributed by atoms with van der Waals surface area (Å²) in [5, 5.41) is 2.30. The highest BCUT2D eigenvalue weighted by Gasteiger charge is 2.34. The summed E-state index contributed by atoms with van der Waals surface area (Å²) in [4.78, 5) is 0. The van der Waals surface area contributed by atoms with Gasteiger partial charge >= 0.3 is 6.18 Å². The second kappa shape index (κ2) is 3.87. The summed E-state index contributed by atoms with van der Waals surface area (Å²) >= 11 is 11.1. The Morgan fingerprint density at radius 3 is 2.21 bits per heavy atom. The molecule has 0 spiro atoms. The monoisotopic (exact) mass is 243 g/mol. The van der Waals surface area contributed by atoms with Crippen LogP contribution in [0.3, 0.4) is 0 Å². The lowest BCUT2D eigenvalue weighted by Crippen LogP contribution is -2.09. The van der Waals surface area contributed by atoms with E-state index in [9.17, 15) is 13.2 Å². The lowest BCUT2D eigenvalue weighted by atomic mass is 10.1. The Kier molecular flexibility index (Phi) is 3.17. The van der Waals surface area contributed by atoms with Crippen LogP contribution < -0.4 is 5.32 Å². The van der Waals surface area contributed by atoms with Gasteiger partial charge in [0, 0.05) is 12.1 Å². The van der Waals surface area contributed by atoms with E-state index in [1.54, 1.807) is 0 Å². The summed E-state index contributed by atoms with van der Waals surface area (Å²) in [5.74, 6) is 0. The van der Waals surface area contributed by atoms with Crippen LogP contribution in [-0.4, -0.2) is 7.05 Å². The standard InChI is InChI=1S/C8H6Cl2F3N/c1-14-7-5(8(11,12)13)2-4(9)3-6(7)10/h2-3,14H,1H3. The van der Waals surface area contributed by atoms with E-state index in [0.29, 0.717) is 0 Å². The molecule has 0 aliphatic rings. The fourth-order valence-corrected chi connectivity index (χ4v) is 1.64. The molecule has 1 rings (SSSR count). The number of halogens is 5. The highest BCUT2D eigenvalue weighted by atomic mass is 35.5. The molecule has 1 nitrogen and oxygen atoms in total. The summed E-state index contributed by atoms with van der Waals surface area (Å²) in [5.41, 5.74) is -1.03. The Morgan fingerprint density at radius 2 is 1.79 bits per heavy atom. The molecular formula is C8H6Cl2F3N. The van der Waals surface area contributed by atoms with Crippen molar-refractivity contribution < 1.29 is 13.2 Å². The van der Waals surface area contributed by atoms with Crippen molar-refractivity contribution in [1.82, 2.24) is 0 Å². The largest absolute Gasteiger partial charge is 0.418 e. The highest BCUT2D eigenvalue weighted by molar-refractivity contribution is 6.36. The van der Waals surface area contributed by atoms with E-state index in [0.717, 1.165) is 6.07 Å². The van der Waals surface area contributed by atoms with Gasteiger partial charge in [-0.3, -0.25) is 0 Å². The molecule has 0 unspecified atom stereocenters. The van der Waals surface area contributed by atoms with Crippen LogP contribution in [0.4, 0.5) is 18.9 Å². The van der Waals surface area contributed by atoms with Crippen LogP contribution in [0.5, 0.6) is 0 Å². The topological polar surface area (TPSA) is 12.0 Å². The molecule has 1 N–H and O–H groups in total. The Morgan fingerprint density at radius 1 is 1.21 bits per heavy atom. The second-order valence-electron chi connectivity index (χ2n) is 2.56. The van der Waals surface area contributed by atoms with Gasteiger partial charge in [0.1, 0.15) is 0 Å². The van der Waals surface area contributed by atoms with Gasteiger partial charge in [0.15, 0.2) is 0 Å². The lowest BCUT2D eigenvalue weighted by Gasteiger charge is -2.14. The quantitative estimate of drug-likeness (QED) is 0.785. The Balaban J connectivity index is 3.40. The minimum absolute atomic E-state index is 0.0404. The first-order valence-electron chi connectivity index (χ1n) is 3.60. The fourth-order valence-electron chi connectivity index (χ4n) is 1.05. The first kappa shape index (κ1) is 11.5. The zero-order chi connectivity index (χ0) is 10.9. The molecule has 0 heterocycles. The van der Waals surface area contributed by atoms with Crippen LogP contribution in [0.1, 0.15) is 5.56 Å². The molecular weight excluding hydrogens is 238 g/mol. The van der Waals surface area contributed by atoms with Crippen LogP contribution >= 0.6 is 23.2 Å². The van der Waals surface area contributed by atoms with E-state index >= 15 is 0 Å². The van der Waals surface area contributed by atoms with E-state index in [1.165, 1.54) is 13.1 Å². The molecule has 1 aromatic rings. The van der Waals surface area contributed by atoms with Crippen molar-refractivity contribution in [3.05, 3.63) is 27.7 Å². The number of nitrogens with one attached hydrogen (secondary N) is 1. The molecule has 14 heavy (non-hydrogen) atoms. The van der Waals surface area contributed by atoms with Gasteiger partial charge in [-0.25, -0.2) is 0 Å². The predicted molar refractivity (Wildman–Crippen MR) is 51.0 cm³/mol. The van der Waals surface area contributed by atoms with Crippen LogP contribution in [0.15, 0.2) is 12.1 Å². The lowest BCUT2D eigenvalue weighted by molar-refractivity contribution is -0.136. The Hall–Kier alpha value is -0.610. The van der Waals surface area contributed by atoms with E-state index in [2.05, 4.69) is 5.32 Å². The van der Waals surface area contributed by atoms with Crippen LogP contribution in [0.25, 0.3) is 0 Å². The molecule has 0 saturated heterocycles. The van der Waals surface area contributed by atoms with Gasteiger partial charge in [-0.1, -0.05) is 23.2 Å². The average Bonchev–Trinajstić information content (AvgIpc) is 2.01. The molecule has 78 valence electrons. The predicted octanol–water partition coefficient (Wildman–Crippen LogP) is 4.05. The highest BCUT2D eigenvalue weighted by Crippen LogP contribution is 2.40. The summed E-state index contributed by atoms with van der Waals surface area (Å²) in [7, 11) is 1.37. The third-order valence-electron chi connectivity index (χ3n) is 1.61. The molecule has 0 saturated carbocycles. The van der Waals surface area contributed by atoms with Gasteiger partial charge in [0.2, 0.25) is 0 Å².